The van der Waals surface area contributed by atoms with E-state index in [9.17, 15) is 9.59 Å². The number of nitrogens with zero attached hydrogens (tertiary/aromatic N) is 5. The number of ether oxygens (including phenoxy) is 3. The van der Waals surface area contributed by atoms with E-state index in [1.165, 1.54) is 6.92 Å². The van der Waals surface area contributed by atoms with Gasteiger partial charge in [0, 0.05) is 31.5 Å². The van der Waals surface area contributed by atoms with Crippen molar-refractivity contribution in [1.29, 1.82) is 0 Å². The quantitative estimate of drug-likeness (QED) is 0.0783. The van der Waals surface area contributed by atoms with Crippen LogP contribution in [0.25, 0.3) is 28.1 Å². The topological polar surface area (TPSA) is 134 Å². The SMILES string of the molecule is CCCc1nc2c(n1Cc1ccc(-c3ccccc3-c3nn[nH]n3)cc1)C(=CC(=O)OC(C)OC(=O)OC(C)C)CC(C(C)C)CC2. The van der Waals surface area contributed by atoms with Crippen LogP contribution in [-0.2, 0) is 38.4 Å². The Morgan fingerprint density at radius 3 is 2.40 bits per heavy atom. The van der Waals surface area contributed by atoms with Crippen molar-refractivity contribution in [3.63, 3.8) is 0 Å². The van der Waals surface area contributed by atoms with E-state index in [0.717, 1.165) is 70.7 Å². The first-order valence-electron chi connectivity index (χ1n) is 16.4. The van der Waals surface area contributed by atoms with Gasteiger partial charge in [0.05, 0.1) is 17.5 Å². The van der Waals surface area contributed by atoms with E-state index in [2.05, 4.69) is 76.3 Å². The number of nitrogens with one attached hydrogen (secondary N) is 1. The van der Waals surface area contributed by atoms with Crippen molar-refractivity contribution in [3.8, 4) is 22.5 Å². The number of fused-ring (bicyclic) bond motifs is 1. The van der Waals surface area contributed by atoms with Gasteiger partial charge in [0.15, 0.2) is 0 Å². The van der Waals surface area contributed by atoms with Crippen molar-refractivity contribution in [3.05, 3.63) is 77.4 Å². The Bertz CT molecular complexity index is 1690. The molecule has 47 heavy (non-hydrogen) atoms. The van der Waals surface area contributed by atoms with Crippen LogP contribution in [-0.4, -0.2) is 54.7 Å². The number of carbonyl (C=O) groups is 2. The van der Waals surface area contributed by atoms with E-state index >= 15 is 0 Å². The minimum atomic E-state index is -1.10. The summed E-state index contributed by atoms with van der Waals surface area (Å²) in [4.78, 5) is 30.3. The van der Waals surface area contributed by atoms with Crippen LogP contribution in [0.4, 0.5) is 4.79 Å². The van der Waals surface area contributed by atoms with Crippen LogP contribution >= 0.6 is 0 Å². The van der Waals surface area contributed by atoms with Crippen molar-refractivity contribution >= 4 is 17.7 Å². The summed E-state index contributed by atoms with van der Waals surface area (Å²) in [5.74, 6) is 1.77. The van der Waals surface area contributed by atoms with Gasteiger partial charge in [0.1, 0.15) is 5.82 Å². The van der Waals surface area contributed by atoms with Gasteiger partial charge in [-0.25, -0.2) is 14.6 Å². The molecule has 0 spiro atoms. The maximum atomic E-state index is 13.2. The van der Waals surface area contributed by atoms with Crippen LogP contribution < -0.4 is 0 Å². The van der Waals surface area contributed by atoms with Crippen molar-refractivity contribution in [2.45, 2.75) is 92.6 Å². The lowest BCUT2D eigenvalue weighted by Gasteiger charge is -2.21. The van der Waals surface area contributed by atoms with E-state index in [4.69, 9.17) is 19.2 Å². The Morgan fingerprint density at radius 1 is 1.00 bits per heavy atom. The van der Waals surface area contributed by atoms with Gasteiger partial charge in [0.25, 0.3) is 0 Å². The second kappa shape index (κ2) is 15.2. The minimum absolute atomic E-state index is 0.341. The number of esters is 1. The summed E-state index contributed by atoms with van der Waals surface area (Å²) in [7, 11) is 0. The summed E-state index contributed by atoms with van der Waals surface area (Å²) in [5.41, 5.74) is 6.95. The lowest BCUT2D eigenvalue weighted by Crippen LogP contribution is -2.23. The van der Waals surface area contributed by atoms with Gasteiger partial charge in [0.2, 0.25) is 12.1 Å². The van der Waals surface area contributed by atoms with Crippen molar-refractivity contribution < 1.29 is 23.8 Å². The molecule has 4 aromatic rings. The van der Waals surface area contributed by atoms with Gasteiger partial charge in [-0.3, -0.25) is 0 Å². The van der Waals surface area contributed by atoms with E-state index in [1.54, 1.807) is 19.9 Å². The Balaban J connectivity index is 1.46. The smallest absolute Gasteiger partial charge is 0.431 e. The van der Waals surface area contributed by atoms with E-state index < -0.39 is 18.4 Å². The fourth-order valence-corrected chi connectivity index (χ4v) is 6.07. The molecule has 5 rings (SSSR count). The van der Waals surface area contributed by atoms with E-state index in [-0.39, 0.29) is 6.10 Å². The van der Waals surface area contributed by atoms with Crippen LogP contribution in [0.3, 0.4) is 0 Å². The first-order chi connectivity index (χ1) is 22.6. The number of tetrazole rings is 1. The lowest BCUT2D eigenvalue weighted by atomic mass is 9.87. The van der Waals surface area contributed by atoms with Crippen molar-refractivity contribution in [1.82, 2.24) is 30.2 Å². The Labute approximate surface area is 275 Å². The average Bonchev–Trinajstić information content (AvgIpc) is 3.63. The monoisotopic (exact) mass is 640 g/mol. The van der Waals surface area contributed by atoms with Gasteiger partial charge in [-0.05, 0) is 78.8 Å². The predicted octanol–water partition coefficient (Wildman–Crippen LogP) is 7.17. The zero-order valence-corrected chi connectivity index (χ0v) is 28.0. The Hall–Kier alpha value is -4.80. The number of imidazole rings is 1. The highest BCUT2D eigenvalue weighted by Gasteiger charge is 2.29. The average molecular weight is 641 g/mol. The number of allylic oxidation sites excluding steroid dienone is 1. The highest BCUT2D eigenvalue weighted by molar-refractivity contribution is 5.91. The third kappa shape index (κ3) is 8.33. The van der Waals surface area contributed by atoms with Gasteiger partial charge < -0.3 is 18.8 Å². The summed E-state index contributed by atoms with van der Waals surface area (Å²) in [5, 5.41) is 14.6. The molecule has 0 radical (unpaired) electrons. The van der Waals surface area contributed by atoms with Crippen LogP contribution in [0.15, 0.2) is 54.6 Å². The molecule has 0 saturated heterocycles. The highest BCUT2D eigenvalue weighted by Crippen LogP contribution is 2.38. The summed E-state index contributed by atoms with van der Waals surface area (Å²) in [6.07, 6.45) is 3.53. The second-order valence-corrected chi connectivity index (χ2v) is 12.6. The number of benzene rings is 2. The molecule has 11 nitrogen and oxygen atoms in total. The molecule has 1 N–H and O–H groups in total. The van der Waals surface area contributed by atoms with Crippen LogP contribution in [0.1, 0.15) is 83.6 Å². The number of rotatable bonds is 11. The number of aromatic nitrogens is 6. The largest absolute Gasteiger partial charge is 0.511 e. The second-order valence-electron chi connectivity index (χ2n) is 12.6. The third-order valence-corrected chi connectivity index (χ3v) is 8.36. The number of aromatic amines is 1. The lowest BCUT2D eigenvalue weighted by molar-refractivity contribution is -0.162. The van der Waals surface area contributed by atoms with Gasteiger partial charge >= 0.3 is 12.1 Å². The molecule has 0 bridgehead atoms. The molecule has 248 valence electrons. The summed E-state index contributed by atoms with van der Waals surface area (Å²) in [6.45, 7) is 12.1. The number of hydrogen-bond acceptors (Lipinski definition) is 9. The van der Waals surface area contributed by atoms with Gasteiger partial charge in [-0.1, -0.05) is 69.3 Å². The minimum Gasteiger partial charge on any atom is -0.431 e. The molecule has 1 aliphatic carbocycles. The molecule has 0 fully saturated rings. The molecule has 11 heteroatoms. The molecule has 2 aromatic carbocycles. The molecule has 1 aliphatic rings. The standard InChI is InChI=1S/C36H44N6O5/c1-7-10-32-37-31-18-17-27(22(2)3)19-28(20-33(43)46-24(6)47-36(44)45-23(4)5)34(31)42(32)21-25-13-15-26(16-14-25)29-11-8-9-12-30(29)35-38-40-41-39-35/h8-9,11-16,20,22-24,27H,7,10,17-19,21H2,1-6H3,(H,38,39,40,41). The molecule has 0 amide bonds. The molecule has 2 unspecified atom stereocenters. The Kier molecular flexibility index (Phi) is 10.8. The number of carbonyl (C=O) groups excluding carboxylic acids is 2. The third-order valence-electron chi connectivity index (χ3n) is 8.36. The first kappa shape index (κ1) is 33.6. The maximum Gasteiger partial charge on any atom is 0.511 e. The molecule has 0 saturated carbocycles. The van der Waals surface area contributed by atoms with Gasteiger partial charge in [-0.2, -0.15) is 5.21 Å². The molecular weight excluding hydrogens is 596 g/mol. The van der Waals surface area contributed by atoms with E-state index in [1.807, 2.05) is 18.2 Å². The van der Waals surface area contributed by atoms with Crippen molar-refractivity contribution in [2.75, 3.05) is 0 Å². The number of aryl methyl sites for hydroxylation is 2. The fraction of sp³-hybridized carbons (Fsp3) is 0.444. The zero-order valence-electron chi connectivity index (χ0n) is 28.0. The summed E-state index contributed by atoms with van der Waals surface area (Å²) in [6, 6.07) is 16.5. The molecule has 2 aromatic heterocycles. The van der Waals surface area contributed by atoms with Gasteiger partial charge in [-0.15, -0.1) is 10.2 Å². The molecule has 2 atom stereocenters. The zero-order chi connectivity index (χ0) is 33.5. The van der Waals surface area contributed by atoms with Crippen molar-refractivity contribution in [2.24, 2.45) is 11.8 Å². The fourth-order valence-electron chi connectivity index (χ4n) is 6.07. The maximum absolute atomic E-state index is 13.2. The molecule has 2 heterocycles. The first-order valence-corrected chi connectivity index (χ1v) is 16.4. The molecular formula is C36H44N6O5. The number of H-pyrrole nitrogens is 1. The van der Waals surface area contributed by atoms with Crippen LogP contribution in [0.2, 0.25) is 0 Å². The predicted molar refractivity (Wildman–Crippen MR) is 178 cm³/mol. The van der Waals surface area contributed by atoms with Crippen LogP contribution in [0.5, 0.6) is 0 Å². The Morgan fingerprint density at radius 2 is 1.74 bits per heavy atom. The van der Waals surface area contributed by atoms with Crippen LogP contribution in [0, 0.1) is 11.8 Å². The number of hydrogen-bond donors (Lipinski definition) is 1. The highest BCUT2D eigenvalue weighted by atomic mass is 16.8. The van der Waals surface area contributed by atoms with E-state index in [0.29, 0.717) is 30.6 Å². The summed E-state index contributed by atoms with van der Waals surface area (Å²) >= 11 is 0. The summed E-state index contributed by atoms with van der Waals surface area (Å²) < 4.78 is 17.9. The molecule has 0 aliphatic heterocycles. The normalized spacial score (nSPS) is 16.2.